The molecule has 1 aromatic heterocycles. The summed E-state index contributed by atoms with van der Waals surface area (Å²) >= 11 is 0. The Hall–Kier alpha value is -3.86. The van der Waals surface area contributed by atoms with Crippen molar-refractivity contribution in [2.24, 2.45) is 5.92 Å². The van der Waals surface area contributed by atoms with Gasteiger partial charge in [0.05, 0.1) is 11.3 Å². The summed E-state index contributed by atoms with van der Waals surface area (Å²) < 4.78 is 41.5. The number of urea groups is 1. The molecule has 0 radical (unpaired) electrons. The number of alkyl halides is 3. The second-order valence-electron chi connectivity index (χ2n) is 8.20. The highest BCUT2D eigenvalue weighted by atomic mass is 19.4. The van der Waals surface area contributed by atoms with Gasteiger partial charge in [-0.1, -0.05) is 49.2 Å². The molecule has 4 N–H and O–H groups in total. The van der Waals surface area contributed by atoms with E-state index in [9.17, 15) is 22.8 Å². The van der Waals surface area contributed by atoms with E-state index in [-0.39, 0.29) is 11.6 Å². The van der Waals surface area contributed by atoms with E-state index in [2.05, 4.69) is 30.7 Å². The number of benzene rings is 2. The largest absolute Gasteiger partial charge is 0.573 e. The van der Waals surface area contributed by atoms with Crippen LogP contribution < -0.4 is 26.2 Å². The van der Waals surface area contributed by atoms with Crippen LogP contribution in [0, 0.1) is 5.92 Å². The van der Waals surface area contributed by atoms with E-state index in [1.165, 1.54) is 43.7 Å². The zero-order chi connectivity index (χ0) is 24.8. The Morgan fingerprint density at radius 1 is 1.09 bits per heavy atom. The number of para-hydroxylation sites is 2. The number of amides is 2. The molecule has 8 nitrogen and oxygen atoms in total. The molecule has 1 aliphatic carbocycles. The fourth-order valence-electron chi connectivity index (χ4n) is 3.46. The van der Waals surface area contributed by atoms with Crippen molar-refractivity contribution in [3.05, 3.63) is 70.6 Å². The minimum absolute atomic E-state index is 0.165. The highest BCUT2D eigenvalue weighted by molar-refractivity contribution is 5.99. The number of ether oxygens (including phenoxy) is 1. The van der Waals surface area contributed by atoms with Crippen LogP contribution in [0.5, 0.6) is 5.75 Å². The van der Waals surface area contributed by atoms with Gasteiger partial charge in [-0.2, -0.15) is 0 Å². The van der Waals surface area contributed by atoms with Crippen LogP contribution in [0.3, 0.4) is 0 Å². The summed E-state index contributed by atoms with van der Waals surface area (Å²) in [5.74, 6) is 0.141. The molecule has 1 saturated carbocycles. The molecule has 0 saturated heterocycles. The topological polar surface area (TPSA) is 108 Å². The Kier molecular flexibility index (Phi) is 7.35. The summed E-state index contributed by atoms with van der Waals surface area (Å²) in [6, 6.07) is 11.7. The lowest BCUT2D eigenvalue weighted by Crippen LogP contribution is -2.24. The molecule has 0 unspecified atom stereocenters. The third kappa shape index (κ3) is 7.31. The Bertz CT molecular complexity index is 1220. The van der Waals surface area contributed by atoms with Crippen LogP contribution in [0.15, 0.2) is 59.5 Å². The van der Waals surface area contributed by atoms with Crippen LogP contribution in [0.25, 0.3) is 11.1 Å². The van der Waals surface area contributed by atoms with Crippen LogP contribution in [0.4, 0.5) is 29.6 Å². The first kappa shape index (κ1) is 24.3. The first-order valence-electron chi connectivity index (χ1n) is 11.1. The number of carbonyl (C=O) groups excluding carboxylic acids is 1. The zero-order valence-electron chi connectivity index (χ0n) is 18.6. The Labute approximate surface area is 198 Å². The van der Waals surface area contributed by atoms with Gasteiger partial charge in [-0.3, -0.25) is 15.1 Å². The fourth-order valence-corrected chi connectivity index (χ4v) is 3.46. The molecular formula is C24H24F3N5O3. The quantitative estimate of drug-likeness (QED) is 0.322. The van der Waals surface area contributed by atoms with Gasteiger partial charge in [0, 0.05) is 12.7 Å². The van der Waals surface area contributed by atoms with Crippen molar-refractivity contribution in [2.45, 2.75) is 32.2 Å². The van der Waals surface area contributed by atoms with E-state index in [1.54, 1.807) is 0 Å². The Balaban J connectivity index is 1.35. The van der Waals surface area contributed by atoms with Gasteiger partial charge in [0.15, 0.2) is 5.75 Å². The standard InChI is InChI=1S/C24H24F3N5O3/c25-24(26,27)35-20-4-2-1-3-19(20)30-23(34)32-22-29-14-18(21(33)31-22)17-9-7-16(8-10-17)13-28-12-11-15-5-6-15/h1-4,7-10,14-15,28H,5-6,11-13H2,(H3,29,30,31,32,33,34). The van der Waals surface area contributed by atoms with Gasteiger partial charge in [-0.05, 0) is 42.1 Å². The molecule has 11 heteroatoms. The molecule has 2 amide bonds. The van der Waals surface area contributed by atoms with Gasteiger partial charge >= 0.3 is 12.4 Å². The first-order valence-corrected chi connectivity index (χ1v) is 11.1. The molecule has 0 spiro atoms. The maximum atomic E-state index is 12.5. The van der Waals surface area contributed by atoms with Gasteiger partial charge in [0.2, 0.25) is 5.95 Å². The van der Waals surface area contributed by atoms with Gasteiger partial charge < -0.3 is 15.4 Å². The molecule has 3 aromatic rings. The molecule has 1 aliphatic rings. The Morgan fingerprint density at radius 3 is 2.51 bits per heavy atom. The fraction of sp³-hybridized carbons (Fsp3) is 0.292. The molecular weight excluding hydrogens is 463 g/mol. The van der Waals surface area contributed by atoms with Crippen LogP contribution in [-0.2, 0) is 6.54 Å². The minimum atomic E-state index is -4.92. The first-order chi connectivity index (χ1) is 16.8. The molecule has 2 aromatic carbocycles. The third-order valence-electron chi connectivity index (χ3n) is 5.41. The summed E-state index contributed by atoms with van der Waals surface area (Å²) in [7, 11) is 0. The summed E-state index contributed by atoms with van der Waals surface area (Å²) in [6.07, 6.45) is 0.275. The number of rotatable bonds is 9. The van der Waals surface area contributed by atoms with E-state index in [0.717, 1.165) is 30.6 Å². The number of halogens is 3. The summed E-state index contributed by atoms with van der Waals surface area (Å²) in [6.45, 7) is 1.73. The molecule has 1 fully saturated rings. The van der Waals surface area contributed by atoms with Crippen molar-refractivity contribution in [1.82, 2.24) is 15.3 Å². The molecule has 35 heavy (non-hydrogen) atoms. The van der Waals surface area contributed by atoms with Crippen molar-refractivity contribution in [2.75, 3.05) is 17.2 Å². The second kappa shape index (κ2) is 10.6. The SMILES string of the molecule is O=C(Nc1ncc(-c2ccc(CNCCC3CC3)cc2)c(=O)[nH]1)Nc1ccccc1OC(F)(F)F. The number of nitrogens with zero attached hydrogens (tertiary/aromatic N) is 1. The molecule has 0 bridgehead atoms. The highest BCUT2D eigenvalue weighted by Gasteiger charge is 2.32. The predicted molar refractivity (Wildman–Crippen MR) is 125 cm³/mol. The van der Waals surface area contributed by atoms with Gasteiger partial charge in [-0.25, -0.2) is 9.78 Å². The second-order valence-corrected chi connectivity index (χ2v) is 8.20. The number of aromatic amines is 1. The molecule has 1 heterocycles. The number of hydrogen-bond acceptors (Lipinski definition) is 5. The smallest absolute Gasteiger partial charge is 0.404 e. The third-order valence-corrected chi connectivity index (χ3v) is 5.41. The summed E-state index contributed by atoms with van der Waals surface area (Å²) in [5, 5.41) is 7.94. The van der Waals surface area contributed by atoms with E-state index < -0.39 is 23.7 Å². The van der Waals surface area contributed by atoms with E-state index in [1.807, 2.05) is 24.3 Å². The molecule has 0 atom stereocenters. The monoisotopic (exact) mass is 487 g/mol. The van der Waals surface area contributed by atoms with Crippen molar-refractivity contribution >= 4 is 17.7 Å². The average molecular weight is 487 g/mol. The number of aromatic nitrogens is 2. The van der Waals surface area contributed by atoms with Crippen LogP contribution in [0.1, 0.15) is 24.8 Å². The number of carbonyl (C=O) groups is 1. The lowest BCUT2D eigenvalue weighted by atomic mass is 10.1. The van der Waals surface area contributed by atoms with Crippen LogP contribution in [0.2, 0.25) is 0 Å². The summed E-state index contributed by atoms with van der Waals surface area (Å²) in [5.41, 5.74) is 1.39. The van der Waals surface area contributed by atoms with E-state index in [4.69, 9.17) is 0 Å². The van der Waals surface area contributed by atoms with E-state index in [0.29, 0.717) is 11.1 Å². The van der Waals surface area contributed by atoms with Gasteiger partial charge in [0.25, 0.3) is 5.56 Å². The van der Waals surface area contributed by atoms with E-state index >= 15 is 0 Å². The van der Waals surface area contributed by atoms with Gasteiger partial charge in [0.1, 0.15) is 0 Å². The van der Waals surface area contributed by atoms with Crippen LogP contribution >= 0.6 is 0 Å². The lowest BCUT2D eigenvalue weighted by Gasteiger charge is -2.14. The molecule has 184 valence electrons. The number of H-pyrrole nitrogens is 1. The maximum Gasteiger partial charge on any atom is 0.573 e. The van der Waals surface area contributed by atoms with Gasteiger partial charge in [-0.15, -0.1) is 13.2 Å². The minimum Gasteiger partial charge on any atom is -0.404 e. The van der Waals surface area contributed by atoms with Crippen molar-refractivity contribution in [1.29, 1.82) is 0 Å². The number of hydrogen-bond donors (Lipinski definition) is 4. The van der Waals surface area contributed by atoms with Crippen LogP contribution in [-0.4, -0.2) is 28.9 Å². The highest BCUT2D eigenvalue weighted by Crippen LogP contribution is 2.32. The van der Waals surface area contributed by atoms with Crippen molar-refractivity contribution in [3.63, 3.8) is 0 Å². The molecule has 4 rings (SSSR count). The van der Waals surface area contributed by atoms with Crippen molar-refractivity contribution in [3.8, 4) is 16.9 Å². The molecule has 0 aliphatic heterocycles. The Morgan fingerprint density at radius 2 is 1.83 bits per heavy atom. The van der Waals surface area contributed by atoms with Crippen molar-refractivity contribution < 1.29 is 22.7 Å². The lowest BCUT2D eigenvalue weighted by molar-refractivity contribution is -0.274. The number of nitrogens with one attached hydrogen (secondary N) is 4. The number of anilines is 2. The zero-order valence-corrected chi connectivity index (χ0v) is 18.6. The average Bonchev–Trinajstić information content (AvgIpc) is 3.62. The maximum absolute atomic E-state index is 12.5. The summed E-state index contributed by atoms with van der Waals surface area (Å²) in [4.78, 5) is 31.2. The predicted octanol–water partition coefficient (Wildman–Crippen LogP) is 4.87. The normalized spacial score (nSPS) is 13.3.